The fourth-order valence-corrected chi connectivity index (χ4v) is 5.32. The third-order valence-corrected chi connectivity index (χ3v) is 6.91. The highest BCUT2D eigenvalue weighted by molar-refractivity contribution is 6.18. The Balaban J connectivity index is 2.25. The SMILES string of the molecule is CC(=O)OCCC(C)CCC1=C(C(=O)O)C(=O)CC2C(C)(C)CCCC12C. The molecule has 3 atom stereocenters. The van der Waals surface area contributed by atoms with E-state index in [4.69, 9.17) is 4.74 Å². The largest absolute Gasteiger partial charge is 0.478 e. The number of aliphatic carboxylic acids is 1. The van der Waals surface area contributed by atoms with Crippen LogP contribution >= 0.6 is 0 Å². The standard InChI is InChI=1S/C22H34O5/c1-14(9-12-27-15(2)23)7-8-16-19(20(25)26)17(24)13-18-21(3,4)10-6-11-22(16,18)5/h14,18H,6-13H2,1-5H3,(H,25,26). The molecule has 27 heavy (non-hydrogen) atoms. The Morgan fingerprint density at radius 3 is 2.48 bits per heavy atom. The van der Waals surface area contributed by atoms with E-state index in [2.05, 4.69) is 27.7 Å². The zero-order valence-electron chi connectivity index (χ0n) is 17.4. The van der Waals surface area contributed by atoms with Gasteiger partial charge in [-0.15, -0.1) is 0 Å². The number of ketones is 1. The predicted octanol–water partition coefficient (Wildman–Crippen LogP) is 4.54. The fraction of sp³-hybridized carbons (Fsp3) is 0.773. The minimum atomic E-state index is -1.08. The van der Waals surface area contributed by atoms with E-state index in [1.54, 1.807) is 0 Å². The van der Waals surface area contributed by atoms with Gasteiger partial charge in [0.05, 0.1) is 6.61 Å². The third kappa shape index (κ3) is 4.61. The van der Waals surface area contributed by atoms with Crippen LogP contribution in [0.1, 0.15) is 79.6 Å². The molecular weight excluding hydrogens is 344 g/mol. The quantitative estimate of drug-likeness (QED) is 0.519. The van der Waals surface area contributed by atoms with Gasteiger partial charge in [-0.3, -0.25) is 9.59 Å². The lowest BCUT2D eigenvalue weighted by atomic mass is 9.49. The molecule has 3 unspecified atom stereocenters. The Bertz CT molecular complexity index is 645. The maximum atomic E-state index is 12.7. The van der Waals surface area contributed by atoms with Crippen LogP contribution in [0.25, 0.3) is 0 Å². The summed E-state index contributed by atoms with van der Waals surface area (Å²) in [4.78, 5) is 35.5. The highest BCUT2D eigenvalue weighted by Crippen LogP contribution is 2.59. The van der Waals surface area contributed by atoms with Gasteiger partial charge in [0.1, 0.15) is 5.57 Å². The topological polar surface area (TPSA) is 80.7 Å². The number of esters is 1. The minimum Gasteiger partial charge on any atom is -0.478 e. The summed E-state index contributed by atoms with van der Waals surface area (Å²) in [6.07, 6.45) is 5.59. The van der Waals surface area contributed by atoms with Crippen LogP contribution in [0, 0.1) is 22.7 Å². The first-order valence-corrected chi connectivity index (χ1v) is 10.1. The molecule has 0 amide bonds. The van der Waals surface area contributed by atoms with Crippen molar-refractivity contribution in [3.8, 4) is 0 Å². The van der Waals surface area contributed by atoms with Crippen LogP contribution in [-0.4, -0.2) is 29.4 Å². The summed E-state index contributed by atoms with van der Waals surface area (Å²) in [5.41, 5.74) is 0.708. The average molecular weight is 379 g/mol. The van der Waals surface area contributed by atoms with Crippen LogP contribution in [0.15, 0.2) is 11.1 Å². The van der Waals surface area contributed by atoms with E-state index in [1.165, 1.54) is 6.92 Å². The zero-order valence-corrected chi connectivity index (χ0v) is 17.4. The number of hydrogen-bond acceptors (Lipinski definition) is 4. The van der Waals surface area contributed by atoms with Crippen molar-refractivity contribution in [2.75, 3.05) is 6.61 Å². The van der Waals surface area contributed by atoms with E-state index in [1.807, 2.05) is 0 Å². The molecule has 152 valence electrons. The molecular formula is C22H34O5. The molecule has 1 fully saturated rings. The maximum absolute atomic E-state index is 12.7. The van der Waals surface area contributed by atoms with Crippen LogP contribution in [0.2, 0.25) is 0 Å². The molecule has 0 aromatic carbocycles. The molecule has 2 aliphatic carbocycles. The van der Waals surface area contributed by atoms with Crippen LogP contribution < -0.4 is 0 Å². The second-order valence-electron chi connectivity index (χ2n) is 9.37. The monoisotopic (exact) mass is 378 g/mol. The molecule has 0 saturated heterocycles. The Morgan fingerprint density at radius 2 is 1.89 bits per heavy atom. The number of carbonyl (C=O) groups is 3. The summed E-state index contributed by atoms with van der Waals surface area (Å²) in [6, 6.07) is 0. The number of carboxylic acid groups (broad SMARTS) is 1. The molecule has 0 heterocycles. The van der Waals surface area contributed by atoms with E-state index in [-0.39, 0.29) is 34.1 Å². The lowest BCUT2D eigenvalue weighted by molar-refractivity contribution is -0.141. The van der Waals surface area contributed by atoms with E-state index in [0.29, 0.717) is 25.4 Å². The zero-order chi connectivity index (χ0) is 20.4. The second kappa shape index (κ2) is 8.15. The van der Waals surface area contributed by atoms with Crippen molar-refractivity contribution in [2.45, 2.75) is 79.6 Å². The number of carboxylic acids is 1. The van der Waals surface area contributed by atoms with Gasteiger partial charge in [-0.2, -0.15) is 0 Å². The Morgan fingerprint density at radius 1 is 1.22 bits per heavy atom. The van der Waals surface area contributed by atoms with Gasteiger partial charge in [0, 0.05) is 13.3 Å². The molecule has 0 spiro atoms. The number of fused-ring (bicyclic) bond motifs is 1. The summed E-state index contributed by atoms with van der Waals surface area (Å²) in [5, 5.41) is 9.75. The van der Waals surface area contributed by atoms with Crippen LogP contribution in [0.3, 0.4) is 0 Å². The van der Waals surface area contributed by atoms with Gasteiger partial charge in [-0.25, -0.2) is 4.79 Å². The molecule has 0 aromatic heterocycles. The molecule has 1 N–H and O–H groups in total. The molecule has 0 bridgehead atoms. The molecule has 5 heteroatoms. The van der Waals surface area contributed by atoms with Crippen molar-refractivity contribution in [2.24, 2.45) is 22.7 Å². The Kier molecular flexibility index (Phi) is 6.54. The molecule has 2 aliphatic rings. The van der Waals surface area contributed by atoms with Crippen molar-refractivity contribution >= 4 is 17.7 Å². The van der Waals surface area contributed by atoms with E-state index < -0.39 is 5.97 Å². The predicted molar refractivity (Wildman–Crippen MR) is 103 cm³/mol. The van der Waals surface area contributed by atoms with Gasteiger partial charge in [0.2, 0.25) is 0 Å². The summed E-state index contributed by atoms with van der Waals surface area (Å²) in [7, 11) is 0. The first-order valence-electron chi connectivity index (χ1n) is 10.1. The summed E-state index contributed by atoms with van der Waals surface area (Å²) >= 11 is 0. The first kappa shape index (κ1) is 21.6. The summed E-state index contributed by atoms with van der Waals surface area (Å²) in [5.74, 6) is -1.08. The molecule has 5 nitrogen and oxygen atoms in total. The summed E-state index contributed by atoms with van der Waals surface area (Å²) in [6.45, 7) is 10.5. The Hall–Kier alpha value is -1.65. The minimum absolute atomic E-state index is 0.0404. The van der Waals surface area contributed by atoms with Gasteiger partial charge in [-0.05, 0) is 60.3 Å². The van der Waals surface area contributed by atoms with Gasteiger partial charge in [0.25, 0.3) is 0 Å². The third-order valence-electron chi connectivity index (χ3n) is 6.91. The highest BCUT2D eigenvalue weighted by atomic mass is 16.5. The van der Waals surface area contributed by atoms with Crippen LogP contribution in [-0.2, 0) is 19.1 Å². The molecule has 2 rings (SSSR count). The van der Waals surface area contributed by atoms with Crippen molar-refractivity contribution in [3.05, 3.63) is 11.1 Å². The highest BCUT2D eigenvalue weighted by Gasteiger charge is 2.53. The van der Waals surface area contributed by atoms with Gasteiger partial charge in [-0.1, -0.05) is 34.1 Å². The van der Waals surface area contributed by atoms with Crippen molar-refractivity contribution in [3.63, 3.8) is 0 Å². The molecule has 1 saturated carbocycles. The van der Waals surface area contributed by atoms with Crippen LogP contribution in [0.5, 0.6) is 0 Å². The molecule has 0 aromatic rings. The fourth-order valence-electron chi connectivity index (χ4n) is 5.32. The van der Waals surface area contributed by atoms with Gasteiger partial charge >= 0.3 is 11.9 Å². The molecule has 0 aliphatic heterocycles. The van der Waals surface area contributed by atoms with Crippen molar-refractivity contribution < 1.29 is 24.2 Å². The van der Waals surface area contributed by atoms with Gasteiger partial charge < -0.3 is 9.84 Å². The number of allylic oxidation sites excluding steroid dienone is 1. The molecule has 0 radical (unpaired) electrons. The average Bonchev–Trinajstić information content (AvgIpc) is 2.53. The Labute approximate surface area is 162 Å². The number of ether oxygens (including phenoxy) is 1. The second-order valence-corrected chi connectivity index (χ2v) is 9.37. The summed E-state index contributed by atoms with van der Waals surface area (Å²) < 4.78 is 5.01. The maximum Gasteiger partial charge on any atom is 0.339 e. The normalized spacial score (nSPS) is 28.5. The van der Waals surface area contributed by atoms with E-state index in [9.17, 15) is 19.5 Å². The number of carbonyl (C=O) groups excluding carboxylic acids is 2. The lowest BCUT2D eigenvalue weighted by Gasteiger charge is -2.54. The van der Waals surface area contributed by atoms with Crippen molar-refractivity contribution in [1.29, 1.82) is 0 Å². The van der Waals surface area contributed by atoms with Crippen molar-refractivity contribution in [1.82, 2.24) is 0 Å². The lowest BCUT2D eigenvalue weighted by Crippen LogP contribution is -2.48. The van der Waals surface area contributed by atoms with Crippen LogP contribution in [0.4, 0.5) is 0 Å². The van der Waals surface area contributed by atoms with Gasteiger partial charge in [0.15, 0.2) is 5.78 Å². The number of rotatable bonds is 7. The smallest absolute Gasteiger partial charge is 0.339 e. The number of Topliss-reactive ketones (excluding diaryl/α,β-unsaturated/α-hetero) is 1. The number of hydrogen-bond donors (Lipinski definition) is 1. The van der Waals surface area contributed by atoms with E-state index in [0.717, 1.165) is 37.7 Å². The van der Waals surface area contributed by atoms with E-state index >= 15 is 0 Å². The first-order chi connectivity index (χ1) is 12.5.